The molecule has 0 fully saturated rings. The summed E-state index contributed by atoms with van der Waals surface area (Å²) in [6, 6.07) is 16.0. The van der Waals surface area contributed by atoms with E-state index >= 15 is 0 Å². The quantitative estimate of drug-likeness (QED) is 0.586. The molecule has 0 atom stereocenters. The fourth-order valence-electron chi connectivity index (χ4n) is 3.04. The van der Waals surface area contributed by atoms with Crippen LogP contribution >= 0.6 is 0 Å². The van der Waals surface area contributed by atoms with Crippen LogP contribution in [0, 0.1) is 0 Å². The van der Waals surface area contributed by atoms with Gasteiger partial charge in [-0.05, 0) is 29.0 Å². The minimum absolute atomic E-state index is 0.0610. The molecule has 2 aromatic carbocycles. The van der Waals surface area contributed by atoms with Gasteiger partial charge < -0.3 is 9.84 Å². The topological polar surface area (TPSA) is 68.0 Å². The Hall–Kier alpha value is -2.95. The Morgan fingerprint density at radius 1 is 1.00 bits per heavy atom. The van der Waals surface area contributed by atoms with E-state index in [2.05, 4.69) is 55.3 Å². The van der Waals surface area contributed by atoms with E-state index in [9.17, 15) is 4.79 Å². The summed E-state index contributed by atoms with van der Waals surface area (Å²) in [5.41, 5.74) is 4.17. The average Bonchev–Trinajstić information content (AvgIpc) is 3.16. The number of carbonyl (C=O) groups excluding carboxylic acids is 1. The molecule has 0 saturated heterocycles. The number of aromatic nitrogens is 2. The maximum atomic E-state index is 12.3. The molecule has 0 aliphatic rings. The predicted molar refractivity (Wildman–Crippen MR) is 111 cm³/mol. The van der Waals surface area contributed by atoms with Crippen molar-refractivity contribution in [3.05, 3.63) is 65.5 Å². The summed E-state index contributed by atoms with van der Waals surface area (Å²) in [5.74, 6) is 1.78. The summed E-state index contributed by atoms with van der Waals surface area (Å²) in [6.07, 6.45) is 0.701. The van der Waals surface area contributed by atoms with Crippen molar-refractivity contribution in [3.63, 3.8) is 0 Å². The minimum Gasteiger partial charge on any atom is -0.339 e. The number of nitrogens with one attached hydrogen (secondary N) is 1. The maximum absolute atomic E-state index is 12.3. The van der Waals surface area contributed by atoms with E-state index in [0.717, 1.165) is 16.8 Å². The highest BCUT2D eigenvalue weighted by Crippen LogP contribution is 2.24. The van der Waals surface area contributed by atoms with Gasteiger partial charge in [0.05, 0.1) is 0 Å². The molecule has 1 heterocycles. The smallest absolute Gasteiger partial charge is 0.227 e. The van der Waals surface area contributed by atoms with Crippen LogP contribution in [0.4, 0.5) is 5.69 Å². The molecule has 5 nitrogen and oxygen atoms in total. The second kappa shape index (κ2) is 8.83. The van der Waals surface area contributed by atoms with Gasteiger partial charge in [-0.2, -0.15) is 4.98 Å². The summed E-state index contributed by atoms with van der Waals surface area (Å²) in [5, 5.41) is 7.03. The molecule has 0 radical (unpaired) electrons. The van der Waals surface area contributed by atoms with Gasteiger partial charge in [0, 0.05) is 24.1 Å². The predicted octanol–water partition coefficient (Wildman–Crippen LogP) is 5.55. The zero-order valence-electron chi connectivity index (χ0n) is 16.9. The van der Waals surface area contributed by atoms with E-state index in [1.165, 1.54) is 5.56 Å². The van der Waals surface area contributed by atoms with Gasteiger partial charge in [-0.1, -0.05) is 75.3 Å². The molecule has 3 rings (SSSR count). The van der Waals surface area contributed by atoms with Crippen LogP contribution in [0.5, 0.6) is 0 Å². The summed E-state index contributed by atoms with van der Waals surface area (Å²) in [6.45, 7) is 8.54. The highest BCUT2D eigenvalue weighted by molar-refractivity contribution is 5.91. The SMILES string of the molecule is CC(C)c1ccc(-c2noc(CCC(=O)Nc3ccccc3C(C)C)n2)cc1. The van der Waals surface area contributed by atoms with Gasteiger partial charge in [-0.25, -0.2) is 0 Å². The zero-order chi connectivity index (χ0) is 20.1. The monoisotopic (exact) mass is 377 g/mol. The maximum Gasteiger partial charge on any atom is 0.227 e. The number of nitrogens with zero attached hydrogens (tertiary/aromatic N) is 2. The number of aryl methyl sites for hydroxylation is 1. The van der Waals surface area contributed by atoms with Crippen molar-refractivity contribution in [2.75, 3.05) is 5.32 Å². The normalized spacial score (nSPS) is 11.2. The van der Waals surface area contributed by atoms with Crippen molar-refractivity contribution in [2.24, 2.45) is 0 Å². The van der Waals surface area contributed by atoms with Gasteiger partial charge in [0.1, 0.15) is 0 Å². The molecule has 0 aliphatic heterocycles. The van der Waals surface area contributed by atoms with Crippen LogP contribution in [0.1, 0.15) is 63.0 Å². The number of amides is 1. The standard InChI is InChI=1S/C23H27N3O2/c1-15(2)17-9-11-18(12-10-17)23-25-22(28-26-23)14-13-21(27)24-20-8-6-5-7-19(20)16(3)4/h5-12,15-16H,13-14H2,1-4H3,(H,24,27). The summed E-state index contributed by atoms with van der Waals surface area (Å²) < 4.78 is 5.32. The Kier molecular flexibility index (Phi) is 6.24. The first-order chi connectivity index (χ1) is 13.4. The third-order valence-electron chi connectivity index (χ3n) is 4.73. The van der Waals surface area contributed by atoms with Gasteiger partial charge in [0.25, 0.3) is 0 Å². The third-order valence-corrected chi connectivity index (χ3v) is 4.73. The average molecular weight is 377 g/mol. The summed E-state index contributed by atoms with van der Waals surface area (Å²) >= 11 is 0. The summed E-state index contributed by atoms with van der Waals surface area (Å²) in [4.78, 5) is 16.8. The van der Waals surface area contributed by atoms with Gasteiger partial charge >= 0.3 is 0 Å². The molecule has 0 spiro atoms. The molecular weight excluding hydrogens is 350 g/mol. The molecule has 1 N–H and O–H groups in total. The number of benzene rings is 2. The molecule has 146 valence electrons. The molecule has 0 aliphatic carbocycles. The van der Waals surface area contributed by atoms with Crippen molar-refractivity contribution in [1.82, 2.24) is 10.1 Å². The first kappa shape index (κ1) is 19.8. The van der Waals surface area contributed by atoms with E-state index in [-0.39, 0.29) is 5.91 Å². The van der Waals surface area contributed by atoms with Crippen molar-refractivity contribution >= 4 is 11.6 Å². The second-order valence-corrected chi connectivity index (χ2v) is 7.58. The Labute approximate surface area is 166 Å². The number of para-hydroxylation sites is 1. The lowest BCUT2D eigenvalue weighted by Crippen LogP contribution is -2.14. The first-order valence-corrected chi connectivity index (χ1v) is 9.75. The van der Waals surface area contributed by atoms with Crippen LogP contribution in [0.2, 0.25) is 0 Å². The highest BCUT2D eigenvalue weighted by Gasteiger charge is 2.13. The lowest BCUT2D eigenvalue weighted by molar-refractivity contribution is -0.116. The first-order valence-electron chi connectivity index (χ1n) is 9.75. The third kappa shape index (κ3) is 4.85. The molecule has 1 aromatic heterocycles. The van der Waals surface area contributed by atoms with Crippen molar-refractivity contribution in [3.8, 4) is 11.4 Å². The fraction of sp³-hybridized carbons (Fsp3) is 0.348. The van der Waals surface area contributed by atoms with Crippen LogP contribution < -0.4 is 5.32 Å². The van der Waals surface area contributed by atoms with Gasteiger partial charge in [0.15, 0.2) is 0 Å². The Bertz CT molecular complexity index is 927. The molecule has 1 amide bonds. The van der Waals surface area contributed by atoms with Gasteiger partial charge in [-0.15, -0.1) is 0 Å². The molecule has 0 saturated carbocycles. The number of rotatable bonds is 7. The van der Waals surface area contributed by atoms with Crippen LogP contribution in [-0.2, 0) is 11.2 Å². The number of anilines is 1. The number of hydrogen-bond acceptors (Lipinski definition) is 4. The van der Waals surface area contributed by atoms with Gasteiger partial charge in [0.2, 0.25) is 17.6 Å². The lowest BCUT2D eigenvalue weighted by Gasteiger charge is -2.13. The van der Waals surface area contributed by atoms with E-state index in [1.807, 2.05) is 36.4 Å². The molecule has 5 heteroatoms. The zero-order valence-corrected chi connectivity index (χ0v) is 16.9. The Morgan fingerprint density at radius 3 is 2.39 bits per heavy atom. The van der Waals surface area contributed by atoms with Crippen molar-refractivity contribution < 1.29 is 9.32 Å². The van der Waals surface area contributed by atoms with E-state index < -0.39 is 0 Å². The molecule has 0 unspecified atom stereocenters. The van der Waals surface area contributed by atoms with Crippen molar-refractivity contribution in [2.45, 2.75) is 52.4 Å². The molecule has 3 aromatic rings. The fourth-order valence-corrected chi connectivity index (χ4v) is 3.04. The molecule has 0 bridgehead atoms. The Morgan fingerprint density at radius 2 is 1.71 bits per heavy atom. The molecule has 28 heavy (non-hydrogen) atoms. The van der Waals surface area contributed by atoms with E-state index in [4.69, 9.17) is 4.52 Å². The van der Waals surface area contributed by atoms with Crippen molar-refractivity contribution in [1.29, 1.82) is 0 Å². The summed E-state index contributed by atoms with van der Waals surface area (Å²) in [7, 11) is 0. The van der Waals surface area contributed by atoms with Crippen LogP contribution in [0.15, 0.2) is 53.1 Å². The highest BCUT2D eigenvalue weighted by atomic mass is 16.5. The lowest BCUT2D eigenvalue weighted by atomic mass is 10.0. The number of hydrogen-bond donors (Lipinski definition) is 1. The minimum atomic E-state index is -0.0610. The van der Waals surface area contributed by atoms with E-state index in [1.54, 1.807) is 0 Å². The number of carbonyl (C=O) groups is 1. The van der Waals surface area contributed by atoms with Crippen LogP contribution in [0.25, 0.3) is 11.4 Å². The Balaban J connectivity index is 1.59. The van der Waals surface area contributed by atoms with E-state index in [0.29, 0.717) is 36.4 Å². The van der Waals surface area contributed by atoms with Crippen LogP contribution in [0.3, 0.4) is 0 Å². The molecular formula is C23H27N3O2. The van der Waals surface area contributed by atoms with Crippen LogP contribution in [-0.4, -0.2) is 16.0 Å². The largest absolute Gasteiger partial charge is 0.339 e. The second-order valence-electron chi connectivity index (χ2n) is 7.58. The van der Waals surface area contributed by atoms with Gasteiger partial charge in [-0.3, -0.25) is 4.79 Å².